The Kier molecular flexibility index (Phi) is 6.53. The van der Waals surface area contributed by atoms with Crippen molar-refractivity contribution in [1.82, 2.24) is 5.32 Å². The molecule has 0 aliphatic rings. The van der Waals surface area contributed by atoms with Gasteiger partial charge < -0.3 is 10.1 Å². The maximum absolute atomic E-state index is 12.5. The molecule has 1 atom stereocenters. The number of rotatable bonds is 7. The number of nitrogens with one attached hydrogen (secondary N) is 1. The maximum atomic E-state index is 12.5. The molecule has 0 saturated heterocycles. The highest BCUT2D eigenvalue weighted by Crippen LogP contribution is 2.23. The van der Waals surface area contributed by atoms with Crippen molar-refractivity contribution in [3.05, 3.63) is 59.7 Å². The van der Waals surface area contributed by atoms with E-state index in [1.54, 1.807) is 11.8 Å². The third-order valence-electron chi connectivity index (χ3n) is 3.47. The average molecular weight is 329 g/mol. The summed E-state index contributed by atoms with van der Waals surface area (Å²) >= 11 is 1.68. The first-order valence-electron chi connectivity index (χ1n) is 7.91. The standard InChI is InChI=1S/C19H23NO2S/c1-4-22-16-12-10-15(11-13-16)14(3)20-19(21)17-8-6-7-9-18(17)23-5-2/h6-14H,4-5H2,1-3H3,(H,20,21). The molecule has 2 aromatic rings. The number of carbonyl (C=O) groups excluding carboxylic acids is 1. The fraction of sp³-hybridized carbons (Fsp3) is 0.316. The number of ether oxygens (including phenoxy) is 1. The van der Waals surface area contributed by atoms with Crippen LogP contribution in [0.25, 0.3) is 0 Å². The third-order valence-corrected chi connectivity index (χ3v) is 4.43. The molecule has 3 nitrogen and oxygen atoms in total. The molecule has 0 saturated carbocycles. The topological polar surface area (TPSA) is 38.3 Å². The fourth-order valence-corrected chi connectivity index (χ4v) is 3.11. The SMILES string of the molecule is CCOc1ccc(C(C)NC(=O)c2ccccc2SCC)cc1. The van der Waals surface area contributed by atoms with Crippen molar-refractivity contribution in [2.24, 2.45) is 0 Å². The molecule has 1 unspecified atom stereocenters. The Balaban J connectivity index is 2.07. The van der Waals surface area contributed by atoms with E-state index in [4.69, 9.17) is 4.74 Å². The molecule has 0 aromatic heterocycles. The Bertz CT molecular complexity index is 640. The van der Waals surface area contributed by atoms with Crippen LogP contribution < -0.4 is 10.1 Å². The number of amides is 1. The number of hydrogen-bond donors (Lipinski definition) is 1. The van der Waals surface area contributed by atoms with Crippen LogP contribution in [0, 0.1) is 0 Å². The Morgan fingerprint density at radius 2 is 1.83 bits per heavy atom. The highest BCUT2D eigenvalue weighted by atomic mass is 32.2. The maximum Gasteiger partial charge on any atom is 0.252 e. The van der Waals surface area contributed by atoms with Gasteiger partial charge in [0.15, 0.2) is 0 Å². The summed E-state index contributed by atoms with van der Waals surface area (Å²) < 4.78 is 5.44. The molecule has 2 aromatic carbocycles. The number of thioether (sulfide) groups is 1. The second-order valence-corrected chi connectivity index (χ2v) is 6.43. The van der Waals surface area contributed by atoms with E-state index in [2.05, 4.69) is 12.2 Å². The lowest BCUT2D eigenvalue weighted by Crippen LogP contribution is -2.27. The van der Waals surface area contributed by atoms with Crippen LogP contribution in [0.3, 0.4) is 0 Å². The zero-order chi connectivity index (χ0) is 16.7. The predicted octanol–water partition coefficient (Wildman–Crippen LogP) is 4.69. The van der Waals surface area contributed by atoms with Gasteiger partial charge in [0.25, 0.3) is 5.91 Å². The lowest BCUT2D eigenvalue weighted by atomic mass is 10.1. The number of carbonyl (C=O) groups is 1. The van der Waals surface area contributed by atoms with Crippen molar-refractivity contribution in [2.45, 2.75) is 31.7 Å². The van der Waals surface area contributed by atoms with E-state index >= 15 is 0 Å². The Hall–Kier alpha value is -1.94. The molecule has 23 heavy (non-hydrogen) atoms. The quantitative estimate of drug-likeness (QED) is 0.749. The van der Waals surface area contributed by atoms with Gasteiger partial charge in [-0.15, -0.1) is 11.8 Å². The van der Waals surface area contributed by atoms with Gasteiger partial charge in [-0.25, -0.2) is 0 Å². The van der Waals surface area contributed by atoms with Crippen LogP contribution in [0.1, 0.15) is 42.7 Å². The summed E-state index contributed by atoms with van der Waals surface area (Å²) in [6, 6.07) is 15.5. The Labute approximate surface area is 142 Å². The lowest BCUT2D eigenvalue weighted by molar-refractivity contribution is 0.0937. The van der Waals surface area contributed by atoms with Gasteiger partial charge in [0, 0.05) is 4.90 Å². The van der Waals surface area contributed by atoms with Crippen LogP contribution in [0.2, 0.25) is 0 Å². The summed E-state index contributed by atoms with van der Waals surface area (Å²) in [5.74, 6) is 1.75. The van der Waals surface area contributed by atoms with E-state index in [0.717, 1.165) is 27.5 Å². The Morgan fingerprint density at radius 3 is 2.48 bits per heavy atom. The molecule has 1 N–H and O–H groups in total. The zero-order valence-corrected chi connectivity index (χ0v) is 14.7. The monoisotopic (exact) mass is 329 g/mol. The summed E-state index contributed by atoms with van der Waals surface area (Å²) in [5, 5.41) is 3.07. The minimum atomic E-state index is -0.0575. The molecule has 122 valence electrons. The van der Waals surface area contributed by atoms with Gasteiger partial charge in [-0.2, -0.15) is 0 Å². The van der Waals surface area contributed by atoms with E-state index in [9.17, 15) is 4.79 Å². The van der Waals surface area contributed by atoms with Crippen LogP contribution in [-0.4, -0.2) is 18.3 Å². The van der Waals surface area contributed by atoms with Crippen LogP contribution in [0.5, 0.6) is 5.75 Å². The van der Waals surface area contributed by atoms with Crippen LogP contribution in [0.4, 0.5) is 0 Å². The van der Waals surface area contributed by atoms with E-state index in [0.29, 0.717) is 6.61 Å². The highest BCUT2D eigenvalue weighted by Gasteiger charge is 2.14. The molecule has 0 aliphatic heterocycles. The minimum absolute atomic E-state index is 0.0389. The van der Waals surface area contributed by atoms with Crippen molar-refractivity contribution in [3.63, 3.8) is 0 Å². The molecule has 0 spiro atoms. The van der Waals surface area contributed by atoms with Gasteiger partial charge in [-0.1, -0.05) is 31.2 Å². The van der Waals surface area contributed by atoms with Gasteiger partial charge in [0.2, 0.25) is 0 Å². The summed E-state index contributed by atoms with van der Waals surface area (Å²) in [4.78, 5) is 13.6. The van der Waals surface area contributed by atoms with Crippen molar-refractivity contribution < 1.29 is 9.53 Å². The third kappa shape index (κ3) is 4.76. The van der Waals surface area contributed by atoms with Gasteiger partial charge in [-0.05, 0) is 49.4 Å². The van der Waals surface area contributed by atoms with Crippen molar-refractivity contribution >= 4 is 17.7 Å². The predicted molar refractivity (Wildman–Crippen MR) is 96.3 cm³/mol. The molecular weight excluding hydrogens is 306 g/mol. The summed E-state index contributed by atoms with van der Waals surface area (Å²) in [5.41, 5.74) is 1.79. The molecule has 0 aliphatic carbocycles. The van der Waals surface area contributed by atoms with Crippen LogP contribution in [-0.2, 0) is 0 Å². The van der Waals surface area contributed by atoms with E-state index in [-0.39, 0.29) is 11.9 Å². The van der Waals surface area contributed by atoms with Gasteiger partial charge in [-0.3, -0.25) is 4.79 Å². The largest absolute Gasteiger partial charge is 0.494 e. The van der Waals surface area contributed by atoms with Crippen LogP contribution in [0.15, 0.2) is 53.4 Å². The van der Waals surface area contributed by atoms with E-state index in [1.807, 2.05) is 62.4 Å². The second kappa shape index (κ2) is 8.63. The normalized spacial score (nSPS) is 11.8. The summed E-state index contributed by atoms with van der Waals surface area (Å²) in [7, 11) is 0. The molecule has 2 rings (SSSR count). The van der Waals surface area contributed by atoms with Gasteiger partial charge in [0.05, 0.1) is 18.2 Å². The lowest BCUT2D eigenvalue weighted by Gasteiger charge is -2.16. The van der Waals surface area contributed by atoms with Crippen LogP contribution >= 0.6 is 11.8 Å². The molecule has 1 amide bonds. The average Bonchev–Trinajstić information content (AvgIpc) is 2.56. The molecular formula is C19H23NO2S. The first-order chi connectivity index (χ1) is 11.2. The first-order valence-corrected chi connectivity index (χ1v) is 8.89. The smallest absolute Gasteiger partial charge is 0.252 e. The molecule has 0 heterocycles. The summed E-state index contributed by atoms with van der Waals surface area (Å²) in [6.45, 7) is 6.69. The van der Waals surface area contributed by atoms with Crippen molar-refractivity contribution in [3.8, 4) is 5.75 Å². The molecule has 0 fully saturated rings. The van der Waals surface area contributed by atoms with Crippen molar-refractivity contribution in [2.75, 3.05) is 12.4 Å². The number of benzene rings is 2. The van der Waals surface area contributed by atoms with Gasteiger partial charge in [0.1, 0.15) is 5.75 Å². The fourth-order valence-electron chi connectivity index (χ4n) is 2.31. The highest BCUT2D eigenvalue weighted by molar-refractivity contribution is 7.99. The molecule has 0 radical (unpaired) electrons. The second-order valence-electron chi connectivity index (χ2n) is 5.13. The molecule has 4 heteroatoms. The van der Waals surface area contributed by atoms with Gasteiger partial charge >= 0.3 is 0 Å². The van der Waals surface area contributed by atoms with Crippen molar-refractivity contribution in [1.29, 1.82) is 0 Å². The van der Waals surface area contributed by atoms with E-state index < -0.39 is 0 Å². The summed E-state index contributed by atoms with van der Waals surface area (Å²) in [6.07, 6.45) is 0. The number of hydrogen-bond acceptors (Lipinski definition) is 3. The first kappa shape index (κ1) is 17.4. The zero-order valence-electron chi connectivity index (χ0n) is 13.8. The minimum Gasteiger partial charge on any atom is -0.494 e. The van der Waals surface area contributed by atoms with E-state index in [1.165, 1.54) is 0 Å². The molecule has 0 bridgehead atoms. The Morgan fingerprint density at radius 1 is 1.13 bits per heavy atom.